The number of rotatable bonds is 4. The summed E-state index contributed by atoms with van der Waals surface area (Å²) in [5.74, 6) is 5.29. The molecular formula is C14H28N4O2. The molecule has 20 heavy (non-hydrogen) atoms. The molecule has 1 saturated heterocycles. The van der Waals surface area contributed by atoms with Crippen molar-refractivity contribution < 1.29 is 9.59 Å². The first-order valence-corrected chi connectivity index (χ1v) is 7.06. The van der Waals surface area contributed by atoms with E-state index >= 15 is 0 Å². The highest BCUT2D eigenvalue weighted by Crippen LogP contribution is 2.38. The van der Waals surface area contributed by atoms with Gasteiger partial charge in [-0.2, -0.15) is 0 Å². The maximum absolute atomic E-state index is 12.0. The van der Waals surface area contributed by atoms with Crippen LogP contribution in [0, 0.1) is 0 Å². The number of carbonyl (C=O) groups is 2. The third-order valence-corrected chi connectivity index (χ3v) is 4.55. The second kappa shape index (κ2) is 5.69. The van der Waals surface area contributed by atoms with Gasteiger partial charge in [0.1, 0.15) is 0 Å². The maximum Gasteiger partial charge on any atom is 0.237 e. The number of hydrazine groups is 1. The summed E-state index contributed by atoms with van der Waals surface area (Å²) in [4.78, 5) is 25.1. The van der Waals surface area contributed by atoms with E-state index in [2.05, 4.69) is 39.6 Å². The topological polar surface area (TPSA) is 92.7 Å². The first-order valence-electron chi connectivity index (χ1n) is 7.06. The molecule has 1 rings (SSSR count). The SMILES string of the molecule is CN1C(C)(C)CC(N(N)C(=O)CCC(N)=O)CC1(C)C. The van der Waals surface area contributed by atoms with Gasteiger partial charge >= 0.3 is 0 Å². The Bertz CT molecular complexity index is 375. The Morgan fingerprint density at radius 1 is 1.15 bits per heavy atom. The summed E-state index contributed by atoms with van der Waals surface area (Å²) in [6.45, 7) is 8.62. The minimum atomic E-state index is -0.476. The minimum Gasteiger partial charge on any atom is -0.370 e. The highest BCUT2D eigenvalue weighted by molar-refractivity contribution is 5.82. The van der Waals surface area contributed by atoms with Crippen molar-refractivity contribution in [2.75, 3.05) is 7.05 Å². The third kappa shape index (κ3) is 3.70. The van der Waals surface area contributed by atoms with Crippen LogP contribution in [0.2, 0.25) is 0 Å². The van der Waals surface area contributed by atoms with E-state index in [0.717, 1.165) is 12.8 Å². The Labute approximate surface area is 121 Å². The zero-order valence-electron chi connectivity index (χ0n) is 13.3. The fourth-order valence-corrected chi connectivity index (χ4v) is 3.08. The number of amides is 2. The molecule has 2 amide bonds. The van der Waals surface area contributed by atoms with Crippen molar-refractivity contribution in [2.24, 2.45) is 11.6 Å². The Kier molecular flexibility index (Phi) is 4.82. The molecule has 0 saturated carbocycles. The zero-order chi connectivity index (χ0) is 15.7. The molecule has 1 aliphatic heterocycles. The summed E-state index contributed by atoms with van der Waals surface area (Å²) in [5, 5.41) is 1.30. The quantitative estimate of drug-likeness (QED) is 0.449. The van der Waals surface area contributed by atoms with Crippen LogP contribution in [0.5, 0.6) is 0 Å². The average molecular weight is 284 g/mol. The number of carbonyl (C=O) groups excluding carboxylic acids is 2. The molecule has 1 aliphatic rings. The van der Waals surface area contributed by atoms with Crippen molar-refractivity contribution in [2.45, 2.75) is 70.5 Å². The molecule has 0 aromatic carbocycles. The molecule has 6 heteroatoms. The largest absolute Gasteiger partial charge is 0.370 e. The van der Waals surface area contributed by atoms with Crippen LogP contribution in [0.15, 0.2) is 0 Å². The third-order valence-electron chi connectivity index (χ3n) is 4.55. The first kappa shape index (κ1) is 16.9. The average Bonchev–Trinajstić information content (AvgIpc) is 2.31. The van der Waals surface area contributed by atoms with E-state index in [9.17, 15) is 9.59 Å². The Hall–Kier alpha value is -1.14. The van der Waals surface area contributed by atoms with Gasteiger partial charge in [-0.3, -0.25) is 19.5 Å². The number of piperidine rings is 1. The number of hydrogen-bond acceptors (Lipinski definition) is 4. The normalized spacial score (nSPS) is 22.5. The molecule has 0 aromatic rings. The lowest BCUT2D eigenvalue weighted by Gasteiger charge is -2.54. The van der Waals surface area contributed by atoms with Crippen LogP contribution in [0.25, 0.3) is 0 Å². The molecule has 0 aliphatic carbocycles. The minimum absolute atomic E-state index is 0.0171. The number of nitrogens with two attached hydrogens (primary N) is 2. The molecule has 0 spiro atoms. The predicted molar refractivity (Wildman–Crippen MR) is 78.4 cm³/mol. The molecule has 0 aromatic heterocycles. The summed E-state index contributed by atoms with van der Waals surface area (Å²) in [6, 6.07) is -0.0171. The summed E-state index contributed by atoms with van der Waals surface area (Å²) in [6.07, 6.45) is 1.75. The van der Waals surface area contributed by atoms with E-state index in [1.807, 2.05) is 0 Å². The lowest BCUT2D eigenvalue weighted by molar-refractivity contribution is -0.140. The second-order valence-electron chi connectivity index (χ2n) is 7.01. The fourth-order valence-electron chi connectivity index (χ4n) is 3.08. The highest BCUT2D eigenvalue weighted by Gasteiger charge is 2.45. The van der Waals surface area contributed by atoms with Crippen molar-refractivity contribution in [3.63, 3.8) is 0 Å². The van der Waals surface area contributed by atoms with Crippen molar-refractivity contribution >= 4 is 11.8 Å². The van der Waals surface area contributed by atoms with Gasteiger partial charge in [0.25, 0.3) is 0 Å². The van der Waals surface area contributed by atoms with Crippen molar-refractivity contribution in [1.29, 1.82) is 0 Å². The van der Waals surface area contributed by atoms with Gasteiger partial charge in [0, 0.05) is 23.9 Å². The van der Waals surface area contributed by atoms with Gasteiger partial charge in [-0.25, -0.2) is 5.84 Å². The Morgan fingerprint density at radius 3 is 2.00 bits per heavy atom. The van der Waals surface area contributed by atoms with Crippen LogP contribution in [-0.4, -0.2) is 45.9 Å². The Balaban J connectivity index is 2.76. The summed E-state index contributed by atoms with van der Waals surface area (Å²) in [5.41, 5.74) is 5.00. The number of likely N-dealkylation sites (tertiary alicyclic amines) is 1. The lowest BCUT2D eigenvalue weighted by atomic mass is 9.77. The molecule has 4 N–H and O–H groups in total. The van der Waals surface area contributed by atoms with E-state index in [-0.39, 0.29) is 35.9 Å². The number of primary amides is 1. The molecule has 116 valence electrons. The summed E-state index contributed by atoms with van der Waals surface area (Å²) >= 11 is 0. The standard InChI is InChI=1S/C14H28N4O2/c1-13(2)8-10(9-14(3,4)17(13)5)18(16)12(20)7-6-11(15)19/h10H,6-9,16H2,1-5H3,(H2,15,19). The maximum atomic E-state index is 12.0. The number of hydrogen-bond donors (Lipinski definition) is 2. The van der Waals surface area contributed by atoms with Gasteiger partial charge in [-0.1, -0.05) is 0 Å². The van der Waals surface area contributed by atoms with Crippen LogP contribution in [0.1, 0.15) is 53.4 Å². The van der Waals surface area contributed by atoms with Crippen LogP contribution >= 0.6 is 0 Å². The van der Waals surface area contributed by atoms with Gasteiger partial charge < -0.3 is 5.73 Å². The molecule has 0 radical (unpaired) electrons. The van der Waals surface area contributed by atoms with Crippen molar-refractivity contribution in [3.05, 3.63) is 0 Å². The summed E-state index contributed by atoms with van der Waals surface area (Å²) in [7, 11) is 2.10. The second-order valence-corrected chi connectivity index (χ2v) is 7.01. The smallest absolute Gasteiger partial charge is 0.237 e. The van der Waals surface area contributed by atoms with E-state index in [0.29, 0.717) is 0 Å². The van der Waals surface area contributed by atoms with Gasteiger partial charge in [0.15, 0.2) is 0 Å². The molecule has 1 fully saturated rings. The van der Waals surface area contributed by atoms with Gasteiger partial charge in [-0.05, 0) is 47.6 Å². The Morgan fingerprint density at radius 2 is 1.60 bits per heavy atom. The van der Waals surface area contributed by atoms with E-state index in [1.165, 1.54) is 5.01 Å². The predicted octanol–water partition coefficient (Wildman–Crippen LogP) is 0.606. The molecular weight excluding hydrogens is 256 g/mol. The highest BCUT2D eigenvalue weighted by atomic mass is 16.2. The van der Waals surface area contributed by atoms with Crippen LogP contribution < -0.4 is 11.6 Å². The van der Waals surface area contributed by atoms with Gasteiger partial charge in [0.05, 0.1) is 6.04 Å². The van der Waals surface area contributed by atoms with Crippen molar-refractivity contribution in [1.82, 2.24) is 9.91 Å². The van der Waals surface area contributed by atoms with Gasteiger partial charge in [-0.15, -0.1) is 0 Å². The molecule has 0 bridgehead atoms. The number of nitrogens with zero attached hydrogens (tertiary/aromatic N) is 2. The van der Waals surface area contributed by atoms with Gasteiger partial charge in [0.2, 0.25) is 11.8 Å². The molecule has 6 nitrogen and oxygen atoms in total. The zero-order valence-corrected chi connectivity index (χ0v) is 13.3. The fraction of sp³-hybridized carbons (Fsp3) is 0.857. The monoisotopic (exact) mass is 284 g/mol. The molecule has 1 heterocycles. The van der Waals surface area contributed by atoms with Crippen LogP contribution in [0.4, 0.5) is 0 Å². The summed E-state index contributed by atoms with van der Waals surface area (Å²) < 4.78 is 0. The van der Waals surface area contributed by atoms with E-state index < -0.39 is 5.91 Å². The molecule has 0 unspecified atom stereocenters. The first-order chi connectivity index (χ1) is 8.97. The van der Waals surface area contributed by atoms with Crippen LogP contribution in [0.3, 0.4) is 0 Å². The molecule has 0 atom stereocenters. The van der Waals surface area contributed by atoms with E-state index in [4.69, 9.17) is 11.6 Å². The van der Waals surface area contributed by atoms with Crippen LogP contribution in [-0.2, 0) is 9.59 Å². The lowest BCUT2D eigenvalue weighted by Crippen LogP contribution is -2.64. The van der Waals surface area contributed by atoms with E-state index in [1.54, 1.807) is 0 Å². The van der Waals surface area contributed by atoms with Crippen molar-refractivity contribution in [3.8, 4) is 0 Å².